The summed E-state index contributed by atoms with van der Waals surface area (Å²) >= 11 is 0. The van der Waals surface area contributed by atoms with Crippen LogP contribution in [0.4, 0.5) is 0 Å². The third kappa shape index (κ3) is 3.10. The Labute approximate surface area is 138 Å². The Morgan fingerprint density at radius 3 is 2.39 bits per heavy atom. The Kier molecular flexibility index (Phi) is 4.15. The SMILES string of the molecule is C=CC[C@@H](CB1OC(C)(C)C(C)(C)O1)c1cc2ccccc2o1. The molecule has 1 atom stereocenters. The van der Waals surface area contributed by atoms with E-state index in [0.717, 1.165) is 29.5 Å². The average molecular weight is 312 g/mol. The van der Waals surface area contributed by atoms with Crippen LogP contribution in [0.25, 0.3) is 11.0 Å². The first-order chi connectivity index (χ1) is 10.8. The molecule has 0 N–H and O–H groups in total. The molecule has 1 saturated heterocycles. The summed E-state index contributed by atoms with van der Waals surface area (Å²) < 4.78 is 18.3. The summed E-state index contributed by atoms with van der Waals surface area (Å²) in [5.41, 5.74) is 0.319. The molecule has 3 nitrogen and oxygen atoms in total. The number of hydrogen-bond donors (Lipinski definition) is 0. The molecule has 0 bridgehead atoms. The van der Waals surface area contributed by atoms with Gasteiger partial charge in [0.25, 0.3) is 0 Å². The fraction of sp³-hybridized carbons (Fsp3) is 0.474. The van der Waals surface area contributed by atoms with Gasteiger partial charge in [0.2, 0.25) is 0 Å². The highest BCUT2D eigenvalue weighted by Crippen LogP contribution is 2.41. The quantitative estimate of drug-likeness (QED) is 0.563. The Hall–Kier alpha value is -1.52. The van der Waals surface area contributed by atoms with E-state index in [-0.39, 0.29) is 24.2 Å². The van der Waals surface area contributed by atoms with Crippen LogP contribution < -0.4 is 0 Å². The summed E-state index contributed by atoms with van der Waals surface area (Å²) in [5.74, 6) is 1.18. The third-order valence-electron chi connectivity index (χ3n) is 5.08. The van der Waals surface area contributed by atoms with Gasteiger partial charge in [-0.15, -0.1) is 6.58 Å². The zero-order valence-electron chi connectivity index (χ0n) is 14.5. The van der Waals surface area contributed by atoms with Crippen LogP contribution in [0, 0.1) is 0 Å². The van der Waals surface area contributed by atoms with Crippen molar-refractivity contribution >= 4 is 18.1 Å². The van der Waals surface area contributed by atoms with Crippen LogP contribution in [0.15, 0.2) is 47.4 Å². The van der Waals surface area contributed by atoms with E-state index in [1.807, 2.05) is 24.3 Å². The van der Waals surface area contributed by atoms with Crippen LogP contribution in [0.1, 0.15) is 45.8 Å². The normalized spacial score (nSPS) is 20.8. The highest BCUT2D eigenvalue weighted by Gasteiger charge is 2.51. The van der Waals surface area contributed by atoms with Gasteiger partial charge in [-0.25, -0.2) is 0 Å². The molecular formula is C19H25BO3. The van der Waals surface area contributed by atoms with E-state index in [4.69, 9.17) is 13.7 Å². The average Bonchev–Trinajstić information content (AvgIpc) is 2.97. The lowest BCUT2D eigenvalue weighted by atomic mass is 9.75. The minimum atomic E-state index is -0.301. The molecule has 3 rings (SSSR count). The van der Waals surface area contributed by atoms with Crippen molar-refractivity contribution in [3.05, 3.63) is 48.7 Å². The molecule has 0 unspecified atom stereocenters. The number of fused-ring (bicyclic) bond motifs is 1. The van der Waals surface area contributed by atoms with Crippen LogP contribution in [0.5, 0.6) is 0 Å². The number of benzene rings is 1. The van der Waals surface area contributed by atoms with Gasteiger partial charge in [0, 0.05) is 11.3 Å². The lowest BCUT2D eigenvalue weighted by molar-refractivity contribution is 0.00578. The third-order valence-corrected chi connectivity index (χ3v) is 5.08. The van der Waals surface area contributed by atoms with E-state index >= 15 is 0 Å². The maximum atomic E-state index is 6.14. The fourth-order valence-corrected chi connectivity index (χ4v) is 3.03. The molecule has 0 amide bonds. The highest BCUT2D eigenvalue weighted by molar-refractivity contribution is 6.45. The Bertz CT molecular complexity index is 652. The Morgan fingerprint density at radius 1 is 1.13 bits per heavy atom. The van der Waals surface area contributed by atoms with E-state index in [2.05, 4.69) is 46.4 Å². The van der Waals surface area contributed by atoms with E-state index < -0.39 is 0 Å². The summed E-state index contributed by atoms with van der Waals surface area (Å²) in [7, 11) is -0.224. The Balaban J connectivity index is 1.81. The second kappa shape index (κ2) is 5.84. The van der Waals surface area contributed by atoms with Crippen LogP contribution in [-0.2, 0) is 9.31 Å². The van der Waals surface area contributed by atoms with Crippen molar-refractivity contribution in [2.75, 3.05) is 0 Å². The van der Waals surface area contributed by atoms with Gasteiger partial charge in [-0.3, -0.25) is 0 Å². The Morgan fingerprint density at radius 2 is 1.78 bits per heavy atom. The van der Waals surface area contributed by atoms with Crippen molar-refractivity contribution < 1.29 is 13.7 Å². The van der Waals surface area contributed by atoms with Crippen molar-refractivity contribution in [3.63, 3.8) is 0 Å². The van der Waals surface area contributed by atoms with E-state index in [1.54, 1.807) is 0 Å². The standard InChI is InChI=1S/C19H25BO3/c1-6-9-15(13-20-22-18(2,3)19(4,5)23-20)17-12-14-10-7-8-11-16(14)21-17/h6-8,10-12,15H,1,9,13H2,2-5H3/t15-/m0/s1. The lowest BCUT2D eigenvalue weighted by Crippen LogP contribution is -2.41. The zero-order valence-corrected chi connectivity index (χ0v) is 14.5. The van der Waals surface area contributed by atoms with Gasteiger partial charge in [-0.2, -0.15) is 0 Å². The predicted molar refractivity (Wildman–Crippen MR) is 94.7 cm³/mol. The first-order valence-electron chi connectivity index (χ1n) is 8.27. The smallest absolute Gasteiger partial charge is 0.458 e. The molecule has 122 valence electrons. The molecule has 0 saturated carbocycles. The van der Waals surface area contributed by atoms with Gasteiger partial charge in [0.15, 0.2) is 0 Å². The first-order valence-corrected chi connectivity index (χ1v) is 8.27. The van der Waals surface area contributed by atoms with Crippen molar-refractivity contribution in [1.29, 1.82) is 0 Å². The molecule has 0 radical (unpaired) electrons. The molecule has 1 aromatic heterocycles. The number of para-hydroxylation sites is 1. The summed E-state index contributed by atoms with van der Waals surface area (Å²) in [4.78, 5) is 0. The molecule has 1 aliphatic rings. The van der Waals surface area contributed by atoms with Gasteiger partial charge < -0.3 is 13.7 Å². The van der Waals surface area contributed by atoms with E-state index in [0.29, 0.717) is 0 Å². The molecule has 1 aromatic carbocycles. The molecule has 2 aromatic rings. The monoisotopic (exact) mass is 312 g/mol. The minimum Gasteiger partial charge on any atom is -0.461 e. The maximum Gasteiger partial charge on any atom is 0.458 e. The molecule has 0 spiro atoms. The first kappa shape index (κ1) is 16.3. The van der Waals surface area contributed by atoms with E-state index in [9.17, 15) is 0 Å². The molecular weight excluding hydrogens is 287 g/mol. The van der Waals surface area contributed by atoms with E-state index in [1.165, 1.54) is 0 Å². The van der Waals surface area contributed by atoms with Gasteiger partial charge in [0.1, 0.15) is 11.3 Å². The van der Waals surface area contributed by atoms with Crippen molar-refractivity contribution in [1.82, 2.24) is 0 Å². The maximum absolute atomic E-state index is 6.14. The van der Waals surface area contributed by atoms with Gasteiger partial charge in [0.05, 0.1) is 11.2 Å². The van der Waals surface area contributed by atoms with Crippen molar-refractivity contribution in [2.24, 2.45) is 0 Å². The van der Waals surface area contributed by atoms with Crippen LogP contribution >= 0.6 is 0 Å². The molecule has 2 heterocycles. The number of furan rings is 1. The molecule has 23 heavy (non-hydrogen) atoms. The molecule has 4 heteroatoms. The highest BCUT2D eigenvalue weighted by atomic mass is 16.7. The van der Waals surface area contributed by atoms with Crippen LogP contribution in [0.3, 0.4) is 0 Å². The van der Waals surface area contributed by atoms with Crippen LogP contribution in [-0.4, -0.2) is 18.3 Å². The minimum absolute atomic E-state index is 0.203. The molecule has 1 fully saturated rings. The second-order valence-electron chi connectivity index (χ2n) is 7.33. The summed E-state index contributed by atoms with van der Waals surface area (Å²) in [5, 5.41) is 1.13. The number of rotatable bonds is 5. The fourth-order valence-electron chi connectivity index (χ4n) is 3.03. The number of hydrogen-bond acceptors (Lipinski definition) is 3. The van der Waals surface area contributed by atoms with Crippen molar-refractivity contribution in [2.45, 2.75) is 57.6 Å². The topological polar surface area (TPSA) is 31.6 Å². The van der Waals surface area contributed by atoms with Gasteiger partial charge in [-0.1, -0.05) is 24.3 Å². The van der Waals surface area contributed by atoms with Gasteiger partial charge >= 0.3 is 7.12 Å². The number of allylic oxidation sites excluding steroid dienone is 1. The lowest BCUT2D eigenvalue weighted by Gasteiger charge is -2.32. The van der Waals surface area contributed by atoms with Crippen molar-refractivity contribution in [3.8, 4) is 0 Å². The zero-order chi connectivity index (χ0) is 16.7. The predicted octanol–water partition coefficient (Wildman–Crippen LogP) is 5.18. The second-order valence-corrected chi connectivity index (χ2v) is 7.33. The largest absolute Gasteiger partial charge is 0.461 e. The molecule has 1 aliphatic heterocycles. The summed E-state index contributed by atoms with van der Waals surface area (Å²) in [6, 6.07) is 10.2. The van der Waals surface area contributed by atoms with Gasteiger partial charge in [-0.05, 0) is 52.6 Å². The summed E-state index contributed by atoms with van der Waals surface area (Å²) in [6.07, 6.45) is 3.53. The van der Waals surface area contributed by atoms with Crippen LogP contribution in [0.2, 0.25) is 6.32 Å². The summed E-state index contributed by atoms with van der Waals surface area (Å²) in [6.45, 7) is 12.2. The molecule has 0 aliphatic carbocycles.